The summed E-state index contributed by atoms with van der Waals surface area (Å²) in [5, 5.41) is 4.30. The van der Waals surface area contributed by atoms with E-state index >= 15 is 0 Å². The molecular formula is C22H17ClN4O2S. The molecule has 0 aliphatic carbocycles. The van der Waals surface area contributed by atoms with Crippen LogP contribution in [0.3, 0.4) is 0 Å². The third-order valence-electron chi connectivity index (χ3n) is 4.36. The van der Waals surface area contributed by atoms with Crippen LogP contribution in [0.5, 0.6) is 0 Å². The molecule has 0 aliphatic rings. The van der Waals surface area contributed by atoms with E-state index in [9.17, 15) is 9.59 Å². The molecule has 0 radical (unpaired) electrons. The van der Waals surface area contributed by atoms with Crippen LogP contribution < -0.4 is 10.9 Å². The van der Waals surface area contributed by atoms with Crippen LogP contribution in [0.2, 0.25) is 5.02 Å². The summed E-state index contributed by atoms with van der Waals surface area (Å²) in [6.07, 6.45) is 0. The molecule has 6 nitrogen and oxygen atoms in total. The zero-order chi connectivity index (χ0) is 21.3. The number of benzene rings is 2. The lowest BCUT2D eigenvalue weighted by molar-refractivity contribution is 0.103. The van der Waals surface area contributed by atoms with Gasteiger partial charge in [0.15, 0.2) is 0 Å². The number of carbonyl (C=O) groups is 1. The summed E-state index contributed by atoms with van der Waals surface area (Å²) in [5.74, 6) is 0.211. The summed E-state index contributed by atoms with van der Waals surface area (Å²) in [6.45, 7) is 3.57. The van der Waals surface area contributed by atoms with Gasteiger partial charge >= 0.3 is 0 Å². The van der Waals surface area contributed by atoms with Gasteiger partial charge in [0.1, 0.15) is 15.7 Å². The Kier molecular flexibility index (Phi) is 5.48. The van der Waals surface area contributed by atoms with Crippen molar-refractivity contribution in [3.05, 3.63) is 86.2 Å². The largest absolute Gasteiger partial charge is 0.321 e. The van der Waals surface area contributed by atoms with Crippen LogP contribution in [0.4, 0.5) is 5.69 Å². The summed E-state index contributed by atoms with van der Waals surface area (Å²) in [6, 6.07) is 15.9. The Morgan fingerprint density at radius 1 is 1.03 bits per heavy atom. The molecule has 30 heavy (non-hydrogen) atoms. The van der Waals surface area contributed by atoms with Gasteiger partial charge in [0.05, 0.1) is 5.69 Å². The van der Waals surface area contributed by atoms with Crippen molar-refractivity contribution in [1.29, 1.82) is 0 Å². The minimum atomic E-state index is -0.243. The van der Waals surface area contributed by atoms with Gasteiger partial charge in [0.25, 0.3) is 11.5 Å². The third-order valence-corrected chi connectivity index (χ3v) is 5.81. The van der Waals surface area contributed by atoms with Gasteiger partial charge in [-0.2, -0.15) is 0 Å². The highest BCUT2D eigenvalue weighted by atomic mass is 35.5. The highest BCUT2D eigenvalue weighted by Crippen LogP contribution is 2.29. The van der Waals surface area contributed by atoms with Gasteiger partial charge in [-0.05, 0) is 38.1 Å². The lowest BCUT2D eigenvalue weighted by Gasteiger charge is -2.07. The molecule has 0 aliphatic heterocycles. The molecular weight excluding hydrogens is 420 g/mol. The number of H-pyrrole nitrogens is 1. The second-order valence-electron chi connectivity index (χ2n) is 6.71. The number of carbonyl (C=O) groups excluding carboxylic acids is 1. The molecule has 150 valence electrons. The van der Waals surface area contributed by atoms with Crippen molar-refractivity contribution in [2.75, 3.05) is 5.32 Å². The van der Waals surface area contributed by atoms with E-state index in [-0.39, 0.29) is 11.5 Å². The molecule has 0 saturated heterocycles. The molecule has 1 amide bonds. The first-order chi connectivity index (χ1) is 14.4. The van der Waals surface area contributed by atoms with Crippen molar-refractivity contribution in [3.63, 3.8) is 0 Å². The topological polar surface area (TPSA) is 87.7 Å². The van der Waals surface area contributed by atoms with E-state index in [4.69, 9.17) is 11.6 Å². The second kappa shape index (κ2) is 8.22. The van der Waals surface area contributed by atoms with Gasteiger partial charge < -0.3 is 10.3 Å². The summed E-state index contributed by atoms with van der Waals surface area (Å²) in [4.78, 5) is 36.7. The number of nitrogens with zero attached hydrogens (tertiary/aromatic N) is 2. The lowest BCUT2D eigenvalue weighted by atomic mass is 10.2. The quantitative estimate of drug-likeness (QED) is 0.466. The summed E-state index contributed by atoms with van der Waals surface area (Å²) < 4.78 is 0. The highest BCUT2D eigenvalue weighted by molar-refractivity contribution is 7.17. The predicted molar refractivity (Wildman–Crippen MR) is 120 cm³/mol. The van der Waals surface area contributed by atoms with Crippen LogP contribution in [-0.2, 0) is 0 Å². The molecule has 2 aromatic carbocycles. The summed E-state index contributed by atoms with van der Waals surface area (Å²) in [7, 11) is 0. The van der Waals surface area contributed by atoms with Gasteiger partial charge in [-0.25, -0.2) is 9.97 Å². The molecule has 0 bridgehead atoms. The molecule has 0 spiro atoms. The van der Waals surface area contributed by atoms with Crippen LogP contribution in [0.15, 0.2) is 59.4 Å². The average Bonchev–Trinajstić information content (AvgIpc) is 3.10. The number of aryl methyl sites for hydroxylation is 2. The van der Waals surface area contributed by atoms with Crippen molar-refractivity contribution in [1.82, 2.24) is 15.0 Å². The van der Waals surface area contributed by atoms with Crippen LogP contribution in [0, 0.1) is 13.8 Å². The van der Waals surface area contributed by atoms with Crippen molar-refractivity contribution in [2.24, 2.45) is 0 Å². The fourth-order valence-corrected chi connectivity index (χ4v) is 4.06. The maximum atomic E-state index is 12.9. The Labute approximate surface area is 181 Å². The average molecular weight is 437 g/mol. The number of hydrogen-bond acceptors (Lipinski definition) is 5. The number of aromatic nitrogens is 3. The standard InChI is InChI=1S/C22H17ClN4O2S/c1-12-10-18(28)27-20(24-12)15-4-3-5-17(11-15)26-21(29)19-13(2)25-22(30-19)14-6-8-16(23)9-7-14/h3-11H,1-2H3,(H,26,29)(H,24,27,28). The summed E-state index contributed by atoms with van der Waals surface area (Å²) in [5.41, 5.74) is 3.27. The minimum absolute atomic E-state index is 0.220. The predicted octanol–water partition coefficient (Wildman–Crippen LogP) is 5.08. The first-order valence-corrected chi connectivity index (χ1v) is 10.3. The first kappa shape index (κ1) is 20.0. The number of aromatic amines is 1. The van der Waals surface area contributed by atoms with Crippen LogP contribution in [0.1, 0.15) is 21.1 Å². The number of rotatable bonds is 4. The molecule has 4 rings (SSSR count). The number of hydrogen-bond donors (Lipinski definition) is 2. The molecule has 2 N–H and O–H groups in total. The van der Waals surface area contributed by atoms with Crippen LogP contribution in [0.25, 0.3) is 22.0 Å². The Bertz CT molecular complexity index is 1300. The summed E-state index contributed by atoms with van der Waals surface area (Å²) >= 11 is 7.27. The maximum absolute atomic E-state index is 12.9. The van der Waals surface area contributed by atoms with Crippen molar-refractivity contribution >= 4 is 34.5 Å². The van der Waals surface area contributed by atoms with Gasteiger partial charge in [-0.15, -0.1) is 11.3 Å². The molecule has 0 saturated carbocycles. The fraction of sp³-hybridized carbons (Fsp3) is 0.0909. The maximum Gasteiger partial charge on any atom is 0.267 e. The number of anilines is 1. The number of amides is 1. The SMILES string of the molecule is Cc1cc(=O)[nH]c(-c2cccc(NC(=O)c3sc(-c4ccc(Cl)cc4)nc3C)c2)n1. The number of thiazole rings is 1. The molecule has 0 atom stereocenters. The third kappa shape index (κ3) is 4.32. The number of nitrogens with one attached hydrogen (secondary N) is 2. The molecule has 4 aromatic rings. The van der Waals surface area contributed by atoms with E-state index in [2.05, 4.69) is 20.3 Å². The van der Waals surface area contributed by atoms with E-state index in [0.717, 1.165) is 10.6 Å². The van der Waals surface area contributed by atoms with Crippen LogP contribution in [-0.4, -0.2) is 20.9 Å². The Hall–Kier alpha value is -3.29. The van der Waals surface area contributed by atoms with Crippen molar-refractivity contribution in [2.45, 2.75) is 13.8 Å². The fourth-order valence-electron chi connectivity index (χ4n) is 2.97. The Morgan fingerprint density at radius 3 is 2.53 bits per heavy atom. The molecule has 2 aromatic heterocycles. The van der Waals surface area contributed by atoms with E-state index in [1.165, 1.54) is 17.4 Å². The lowest BCUT2D eigenvalue weighted by Crippen LogP contribution is -2.12. The van der Waals surface area contributed by atoms with Gasteiger partial charge in [-0.3, -0.25) is 9.59 Å². The van der Waals surface area contributed by atoms with Gasteiger partial charge in [0.2, 0.25) is 0 Å². The highest BCUT2D eigenvalue weighted by Gasteiger charge is 2.17. The second-order valence-corrected chi connectivity index (χ2v) is 8.15. The smallest absolute Gasteiger partial charge is 0.267 e. The number of halogens is 1. The van der Waals surface area contributed by atoms with E-state index in [1.807, 2.05) is 25.1 Å². The van der Waals surface area contributed by atoms with Crippen molar-refractivity contribution < 1.29 is 4.79 Å². The Morgan fingerprint density at radius 2 is 1.80 bits per heavy atom. The molecule has 0 fully saturated rings. The van der Waals surface area contributed by atoms with E-state index in [1.54, 1.807) is 37.3 Å². The van der Waals surface area contributed by atoms with Gasteiger partial charge in [-0.1, -0.05) is 35.9 Å². The van der Waals surface area contributed by atoms with Gasteiger partial charge in [0, 0.05) is 33.6 Å². The molecule has 0 unspecified atom stereocenters. The van der Waals surface area contributed by atoms with E-state index < -0.39 is 0 Å². The van der Waals surface area contributed by atoms with Crippen LogP contribution >= 0.6 is 22.9 Å². The molecule has 8 heteroatoms. The Balaban J connectivity index is 1.59. The minimum Gasteiger partial charge on any atom is -0.321 e. The normalized spacial score (nSPS) is 10.8. The first-order valence-electron chi connectivity index (χ1n) is 9.12. The zero-order valence-corrected chi connectivity index (χ0v) is 17.8. The molecule has 2 heterocycles. The zero-order valence-electron chi connectivity index (χ0n) is 16.2. The monoisotopic (exact) mass is 436 g/mol. The van der Waals surface area contributed by atoms with Crippen molar-refractivity contribution in [3.8, 4) is 22.0 Å². The van der Waals surface area contributed by atoms with E-state index in [0.29, 0.717) is 38.4 Å².